The lowest BCUT2D eigenvalue weighted by atomic mass is 10.2. The summed E-state index contributed by atoms with van der Waals surface area (Å²) in [5, 5.41) is 3.26. The molecule has 2 aromatic carbocycles. The molecule has 1 amide bonds. The summed E-state index contributed by atoms with van der Waals surface area (Å²) in [7, 11) is 0. The Morgan fingerprint density at radius 3 is 2.56 bits per heavy atom. The highest BCUT2D eigenvalue weighted by molar-refractivity contribution is 7.98. The second kappa shape index (κ2) is 9.96. The van der Waals surface area contributed by atoms with Crippen molar-refractivity contribution in [2.24, 2.45) is 0 Å². The molecular formula is C18H18ClNO4S. The normalized spacial score (nSPS) is 10.2. The van der Waals surface area contributed by atoms with Crippen molar-refractivity contribution in [3.8, 4) is 5.75 Å². The van der Waals surface area contributed by atoms with Crippen LogP contribution >= 0.6 is 23.4 Å². The van der Waals surface area contributed by atoms with Crippen LogP contribution in [0.2, 0.25) is 5.02 Å². The summed E-state index contributed by atoms with van der Waals surface area (Å²) >= 11 is 7.23. The molecule has 132 valence electrons. The molecular weight excluding hydrogens is 362 g/mol. The molecule has 0 atom stereocenters. The molecule has 0 saturated heterocycles. The summed E-state index contributed by atoms with van der Waals surface area (Å²) in [6, 6.07) is 14.0. The minimum Gasteiger partial charge on any atom is -0.492 e. The number of nitrogens with one attached hydrogen (secondary N) is 1. The van der Waals surface area contributed by atoms with Gasteiger partial charge in [-0.25, -0.2) is 4.79 Å². The van der Waals surface area contributed by atoms with Gasteiger partial charge in [-0.05, 0) is 42.7 Å². The first-order chi connectivity index (χ1) is 12.1. The lowest BCUT2D eigenvalue weighted by molar-refractivity contribution is -0.124. The van der Waals surface area contributed by atoms with E-state index < -0.39 is 5.97 Å². The lowest BCUT2D eigenvalue weighted by Gasteiger charge is -2.09. The van der Waals surface area contributed by atoms with Crippen LogP contribution in [0.3, 0.4) is 0 Å². The molecule has 0 bridgehead atoms. The second-order valence-electron chi connectivity index (χ2n) is 4.93. The standard InChI is InChI=1S/C18H18ClNO4S/c1-25-16-5-3-2-4-15(16)18(22)24-12-17(21)20-10-11-23-14-8-6-13(19)7-9-14/h2-9H,10-12H2,1H3,(H,20,21). The SMILES string of the molecule is CSc1ccccc1C(=O)OCC(=O)NCCOc1ccc(Cl)cc1. The molecule has 25 heavy (non-hydrogen) atoms. The average Bonchev–Trinajstić information content (AvgIpc) is 2.64. The van der Waals surface area contributed by atoms with E-state index in [1.165, 1.54) is 11.8 Å². The van der Waals surface area contributed by atoms with E-state index in [-0.39, 0.29) is 12.5 Å². The summed E-state index contributed by atoms with van der Waals surface area (Å²) in [6.45, 7) is 0.277. The van der Waals surface area contributed by atoms with E-state index in [9.17, 15) is 9.59 Å². The molecule has 0 aliphatic rings. The number of benzene rings is 2. The van der Waals surface area contributed by atoms with Gasteiger partial charge >= 0.3 is 5.97 Å². The quantitative estimate of drug-likeness (QED) is 0.432. The molecule has 5 nitrogen and oxygen atoms in total. The zero-order valence-corrected chi connectivity index (χ0v) is 15.2. The average molecular weight is 380 g/mol. The van der Waals surface area contributed by atoms with Crippen molar-refractivity contribution in [2.45, 2.75) is 4.90 Å². The van der Waals surface area contributed by atoms with Crippen LogP contribution in [0.25, 0.3) is 0 Å². The summed E-state index contributed by atoms with van der Waals surface area (Å²) in [6.07, 6.45) is 1.87. The van der Waals surface area contributed by atoms with Gasteiger partial charge in [0.1, 0.15) is 12.4 Å². The van der Waals surface area contributed by atoms with E-state index in [1.807, 2.05) is 18.4 Å². The first-order valence-electron chi connectivity index (χ1n) is 7.55. The number of carbonyl (C=O) groups excluding carboxylic acids is 2. The molecule has 0 aliphatic carbocycles. The lowest BCUT2D eigenvalue weighted by Crippen LogP contribution is -2.32. The molecule has 0 heterocycles. The van der Waals surface area contributed by atoms with Gasteiger partial charge in [0.25, 0.3) is 5.91 Å². The number of hydrogen-bond acceptors (Lipinski definition) is 5. The molecule has 0 radical (unpaired) electrons. The Morgan fingerprint density at radius 1 is 1.12 bits per heavy atom. The van der Waals surface area contributed by atoms with Crippen molar-refractivity contribution in [3.63, 3.8) is 0 Å². The maximum atomic E-state index is 12.0. The van der Waals surface area contributed by atoms with Crippen molar-refractivity contribution in [3.05, 3.63) is 59.1 Å². The third-order valence-corrected chi connectivity index (χ3v) is 4.22. The van der Waals surface area contributed by atoms with Crippen LogP contribution in [0.15, 0.2) is 53.4 Å². The van der Waals surface area contributed by atoms with Crippen LogP contribution in [0, 0.1) is 0 Å². The molecule has 0 aliphatic heterocycles. The number of hydrogen-bond donors (Lipinski definition) is 1. The fourth-order valence-electron chi connectivity index (χ4n) is 1.96. The van der Waals surface area contributed by atoms with E-state index in [0.717, 1.165) is 4.90 Å². The van der Waals surface area contributed by atoms with Crippen molar-refractivity contribution in [1.82, 2.24) is 5.32 Å². The van der Waals surface area contributed by atoms with Crippen LogP contribution in [0.4, 0.5) is 0 Å². The second-order valence-corrected chi connectivity index (χ2v) is 6.21. The number of amides is 1. The summed E-state index contributed by atoms with van der Waals surface area (Å²) in [5.41, 5.74) is 0.453. The highest BCUT2D eigenvalue weighted by Crippen LogP contribution is 2.20. The Bertz CT molecular complexity index is 721. The summed E-state index contributed by atoms with van der Waals surface area (Å²) < 4.78 is 10.5. The van der Waals surface area contributed by atoms with Crippen molar-refractivity contribution < 1.29 is 19.1 Å². The third-order valence-electron chi connectivity index (χ3n) is 3.17. The monoisotopic (exact) mass is 379 g/mol. The van der Waals surface area contributed by atoms with E-state index in [4.69, 9.17) is 21.1 Å². The summed E-state index contributed by atoms with van der Waals surface area (Å²) in [4.78, 5) is 24.6. The molecule has 0 aromatic heterocycles. The first kappa shape index (κ1) is 19.1. The number of thioether (sulfide) groups is 1. The molecule has 1 N–H and O–H groups in total. The molecule has 2 aromatic rings. The van der Waals surface area contributed by atoms with Crippen LogP contribution in [-0.2, 0) is 9.53 Å². The highest BCUT2D eigenvalue weighted by atomic mass is 35.5. The van der Waals surface area contributed by atoms with Crippen LogP contribution in [0.1, 0.15) is 10.4 Å². The number of ether oxygens (including phenoxy) is 2. The van der Waals surface area contributed by atoms with Crippen LogP contribution in [-0.4, -0.2) is 37.9 Å². The largest absolute Gasteiger partial charge is 0.492 e. The number of carbonyl (C=O) groups is 2. The van der Waals surface area contributed by atoms with Crippen molar-refractivity contribution in [1.29, 1.82) is 0 Å². The Hall–Kier alpha value is -2.18. The zero-order valence-electron chi connectivity index (χ0n) is 13.7. The molecule has 2 rings (SSSR count). The van der Waals surface area contributed by atoms with Gasteiger partial charge in [0.15, 0.2) is 6.61 Å². The van der Waals surface area contributed by atoms with Gasteiger partial charge in [0, 0.05) is 9.92 Å². The Labute approximate surface area is 155 Å². The molecule has 0 spiro atoms. The fraction of sp³-hybridized carbons (Fsp3) is 0.222. The van der Waals surface area contributed by atoms with Gasteiger partial charge in [0.05, 0.1) is 12.1 Å². The molecule has 0 saturated carbocycles. The Kier molecular flexibility index (Phi) is 7.63. The fourth-order valence-corrected chi connectivity index (χ4v) is 2.68. The molecule has 0 fully saturated rings. The van der Waals surface area contributed by atoms with Gasteiger partial charge in [-0.3, -0.25) is 4.79 Å². The van der Waals surface area contributed by atoms with Crippen molar-refractivity contribution in [2.75, 3.05) is 26.0 Å². The smallest absolute Gasteiger partial charge is 0.339 e. The first-order valence-corrected chi connectivity index (χ1v) is 9.15. The predicted octanol–water partition coefficient (Wildman–Crippen LogP) is 3.41. The van der Waals surface area contributed by atoms with Gasteiger partial charge in [0.2, 0.25) is 0 Å². The zero-order chi connectivity index (χ0) is 18.1. The molecule has 0 unspecified atom stereocenters. The maximum absolute atomic E-state index is 12.0. The Morgan fingerprint density at radius 2 is 1.84 bits per heavy atom. The van der Waals surface area contributed by atoms with Gasteiger partial charge < -0.3 is 14.8 Å². The van der Waals surface area contributed by atoms with E-state index in [1.54, 1.807) is 36.4 Å². The minimum atomic E-state index is -0.516. The highest BCUT2D eigenvalue weighted by Gasteiger charge is 2.13. The Balaban J connectivity index is 1.68. The van der Waals surface area contributed by atoms with E-state index in [2.05, 4.69) is 5.32 Å². The molecule has 7 heteroatoms. The summed E-state index contributed by atoms with van der Waals surface area (Å²) in [5.74, 6) is -0.231. The number of esters is 1. The van der Waals surface area contributed by atoms with Gasteiger partial charge in [-0.1, -0.05) is 23.7 Å². The van der Waals surface area contributed by atoms with Crippen molar-refractivity contribution >= 4 is 35.2 Å². The third kappa shape index (κ3) is 6.32. The van der Waals surface area contributed by atoms with Gasteiger partial charge in [-0.2, -0.15) is 0 Å². The van der Waals surface area contributed by atoms with Gasteiger partial charge in [-0.15, -0.1) is 11.8 Å². The van der Waals surface area contributed by atoms with Crippen LogP contribution in [0.5, 0.6) is 5.75 Å². The number of halogens is 1. The minimum absolute atomic E-state index is 0.302. The number of rotatable bonds is 8. The van der Waals surface area contributed by atoms with E-state index >= 15 is 0 Å². The maximum Gasteiger partial charge on any atom is 0.339 e. The van der Waals surface area contributed by atoms with E-state index in [0.29, 0.717) is 29.5 Å². The predicted molar refractivity (Wildman–Crippen MR) is 98.5 cm³/mol. The van der Waals surface area contributed by atoms with Crippen LogP contribution < -0.4 is 10.1 Å². The topological polar surface area (TPSA) is 64.6 Å².